The highest BCUT2D eigenvalue weighted by atomic mass is 16.1. The molecule has 2 atom stereocenters. The van der Waals surface area contributed by atoms with Crippen molar-refractivity contribution < 1.29 is 30.2 Å². The number of piperidine rings is 1. The number of benzene rings is 2. The minimum Gasteiger partial charge on any atom is -0.412 e. The van der Waals surface area contributed by atoms with E-state index in [1.165, 1.54) is 0 Å². The van der Waals surface area contributed by atoms with Gasteiger partial charge in [-0.15, -0.1) is 12.0 Å². The zero-order valence-electron chi connectivity index (χ0n) is 32.9. The van der Waals surface area contributed by atoms with Crippen LogP contribution in [-0.2, 0) is 4.79 Å². The van der Waals surface area contributed by atoms with Crippen molar-refractivity contribution in [1.29, 1.82) is 5.53 Å². The molecule has 4 rings (SSSR count). The van der Waals surface area contributed by atoms with Crippen LogP contribution in [0.5, 0.6) is 0 Å². The maximum Gasteiger partial charge on any atom is 0.150 e. The Balaban J connectivity index is -0.0000000621. The van der Waals surface area contributed by atoms with E-state index in [0.717, 1.165) is 50.4 Å². The standard InChI is InChI=1S/C25H33N3O.C25H4.HN3.H2O.14H2/c1-25(18-26(2)14-15-27(3)19-25)28-16-22(20-10-6-4-7-11-20)24(29)23(17-28)21-12-8-5-9-13-21;1-3-5-7-9-11-13-15-17-19-21-23-25-24-22-20-18-16-14-12-10-8-6-4-2;1-3-2;;;;;;;;;;;;;;;/h4-13,22-23H,14-19H2,1-3H3;1H,2H3;1H;1H2;14*1H. The first kappa shape index (κ1) is 48.0. The Morgan fingerprint density at radius 2 is 0.931 bits per heavy atom. The number of hydrogen-bond acceptors (Lipinski definition) is 5. The molecule has 58 heavy (non-hydrogen) atoms. The van der Waals surface area contributed by atoms with E-state index < -0.39 is 0 Å². The molecule has 2 heterocycles. The van der Waals surface area contributed by atoms with Gasteiger partial charge in [0.1, 0.15) is 5.78 Å². The third kappa shape index (κ3) is 18.8. The van der Waals surface area contributed by atoms with E-state index in [1.807, 2.05) is 36.4 Å². The molecule has 0 amide bonds. The second-order valence-corrected chi connectivity index (χ2v) is 12.3. The number of carbonyl (C=O) groups is 1. The first-order valence-electron chi connectivity index (χ1n) is 17.4. The van der Waals surface area contributed by atoms with Crippen molar-refractivity contribution in [3.05, 3.63) is 82.2 Å². The van der Waals surface area contributed by atoms with Crippen LogP contribution in [-0.4, -0.2) is 84.9 Å². The number of terminal acetylenes is 1. The van der Waals surface area contributed by atoms with Crippen molar-refractivity contribution >= 4 is 5.78 Å². The quantitative estimate of drug-likeness (QED) is 0.153. The maximum absolute atomic E-state index is 13.6. The summed E-state index contributed by atoms with van der Waals surface area (Å²) in [5, 5.41) is 0. The van der Waals surface area contributed by atoms with Crippen molar-refractivity contribution in [2.24, 2.45) is 0 Å². The van der Waals surface area contributed by atoms with Gasteiger partial charge in [0.05, 0.1) is 11.8 Å². The molecular formula is C50H68N6O2. The average molecular weight is 785 g/mol. The van der Waals surface area contributed by atoms with Crippen LogP contribution in [0.15, 0.2) is 60.7 Å². The zero-order valence-corrected chi connectivity index (χ0v) is 32.9. The van der Waals surface area contributed by atoms with Crippen molar-refractivity contribution in [2.75, 3.05) is 53.4 Å². The number of likely N-dealkylation sites (N-methyl/N-ethyl adjacent to an activating group) is 2. The van der Waals surface area contributed by atoms with E-state index in [4.69, 9.17) is 17.5 Å². The summed E-state index contributed by atoms with van der Waals surface area (Å²) >= 11 is 0. The van der Waals surface area contributed by atoms with Gasteiger partial charge in [-0.05, 0) is 144 Å². The molecule has 0 spiro atoms. The Labute approximate surface area is 365 Å². The Morgan fingerprint density at radius 1 is 0.638 bits per heavy atom. The summed E-state index contributed by atoms with van der Waals surface area (Å²) in [6.07, 6.45) is 4.91. The molecule has 0 radical (unpaired) electrons. The number of nitrogens with one attached hydrogen (secondary N) is 1. The zero-order chi connectivity index (χ0) is 41.4. The summed E-state index contributed by atoms with van der Waals surface area (Å²) in [5.41, 5.74) is 14.5. The number of hydrogen-bond donors (Lipinski definition) is 1. The molecule has 0 bridgehead atoms. The monoisotopic (exact) mass is 785 g/mol. The van der Waals surface area contributed by atoms with E-state index in [-0.39, 0.29) is 42.8 Å². The summed E-state index contributed by atoms with van der Waals surface area (Å²) in [6, 6.07) is 20.7. The van der Waals surface area contributed by atoms with Crippen molar-refractivity contribution in [3.8, 4) is 143 Å². The number of Topliss-reactive ketones (excluding diaryl/α,β-unsaturated/α-hetero) is 1. The smallest absolute Gasteiger partial charge is 0.150 e. The maximum atomic E-state index is 13.6. The normalized spacial score (nSPS) is 15.3. The fourth-order valence-electron chi connectivity index (χ4n) is 5.89. The SMILES string of the molecule is C#CC#CC#CC#CC#CC#CC#CC#CC#CC#CC#CC#CC.CN1CCN(C)CC(C)(N2CC(c3ccccc3)C(=O)C(c3ccccc3)C2)C1.O.[HH].[HH].[HH].[HH].[HH].[HH].[HH].[HH].[HH].[HH].[HH].[HH].[HH].[HH].[N-]=[N+]=N. The predicted molar refractivity (Wildman–Crippen MR) is 261 cm³/mol. The van der Waals surface area contributed by atoms with Crippen LogP contribution < -0.4 is 0 Å². The van der Waals surface area contributed by atoms with Crippen LogP contribution in [0.2, 0.25) is 0 Å². The summed E-state index contributed by atoms with van der Waals surface area (Å²) < 4.78 is 0. The van der Waals surface area contributed by atoms with E-state index >= 15 is 0 Å². The molecule has 3 N–H and O–H groups in total. The largest absolute Gasteiger partial charge is 0.412 e. The molecule has 0 saturated carbocycles. The van der Waals surface area contributed by atoms with Crippen LogP contribution >= 0.6 is 0 Å². The van der Waals surface area contributed by atoms with Crippen LogP contribution in [0.25, 0.3) is 10.4 Å². The van der Waals surface area contributed by atoms with Gasteiger partial charge >= 0.3 is 0 Å². The molecule has 2 saturated heterocycles. The molecule has 2 fully saturated rings. The molecule has 2 unspecified atom stereocenters. The minimum absolute atomic E-state index is 0. The van der Waals surface area contributed by atoms with Gasteiger partial charge in [-0.3, -0.25) is 9.69 Å². The average Bonchev–Trinajstić information content (AvgIpc) is 3.35. The number of likely N-dealkylation sites (tertiary alicyclic amines) is 1. The Morgan fingerprint density at radius 3 is 1.22 bits per heavy atom. The highest BCUT2D eigenvalue weighted by Crippen LogP contribution is 2.36. The lowest BCUT2D eigenvalue weighted by Gasteiger charge is -2.48. The topological polar surface area (TPSA) is 119 Å². The third-order valence-corrected chi connectivity index (χ3v) is 8.19. The Hall–Kier alpha value is -8.02. The lowest BCUT2D eigenvalue weighted by atomic mass is 9.78. The molecule has 0 aromatic heterocycles. The predicted octanol–water partition coefficient (Wildman–Crippen LogP) is 7.25. The fourth-order valence-corrected chi connectivity index (χ4v) is 5.89. The number of rotatable bonds is 3. The lowest BCUT2D eigenvalue weighted by Crippen LogP contribution is -2.61. The highest BCUT2D eigenvalue weighted by molar-refractivity contribution is 5.93. The summed E-state index contributed by atoms with van der Waals surface area (Å²) in [4.78, 5) is 22.8. The van der Waals surface area contributed by atoms with Gasteiger partial charge in [-0.25, -0.2) is 0 Å². The highest BCUT2D eigenvalue weighted by Gasteiger charge is 2.44. The first-order chi connectivity index (χ1) is 27.8. The molecule has 8 heteroatoms. The van der Waals surface area contributed by atoms with E-state index in [1.54, 1.807) is 11.8 Å². The van der Waals surface area contributed by atoms with Gasteiger partial charge in [0.25, 0.3) is 0 Å². The second kappa shape index (κ2) is 29.4. The van der Waals surface area contributed by atoms with E-state index in [9.17, 15) is 4.79 Å². The van der Waals surface area contributed by atoms with Crippen LogP contribution in [0.4, 0.5) is 0 Å². The summed E-state index contributed by atoms with van der Waals surface area (Å²) in [5.74, 6) is 57.1. The molecule has 8 nitrogen and oxygen atoms in total. The summed E-state index contributed by atoms with van der Waals surface area (Å²) in [7, 11) is 4.44. The van der Waals surface area contributed by atoms with Gasteiger partial charge in [-0.1, -0.05) is 66.6 Å². The molecular weight excluding hydrogens is 717 g/mol. The minimum atomic E-state index is -0.0779. The molecule has 310 valence electrons. The van der Waals surface area contributed by atoms with E-state index in [2.05, 4.69) is 196 Å². The Kier molecular flexibility index (Phi) is 24.3. The number of nitrogens with zero attached hydrogens (tertiary/aromatic N) is 5. The molecule has 2 aromatic carbocycles. The van der Waals surface area contributed by atoms with Gasteiger partial charge in [0.15, 0.2) is 0 Å². The number of carbonyl (C=O) groups excluding carboxylic acids is 1. The fraction of sp³-hybridized carbons (Fsp3) is 0.260. The van der Waals surface area contributed by atoms with Gasteiger partial charge < -0.3 is 15.3 Å². The molecule has 2 aliphatic heterocycles. The molecule has 0 aliphatic carbocycles. The Bertz CT molecular complexity index is 2510. The van der Waals surface area contributed by atoms with Crippen molar-refractivity contribution in [2.45, 2.75) is 31.2 Å². The van der Waals surface area contributed by atoms with Crippen molar-refractivity contribution in [3.63, 3.8) is 0 Å². The lowest BCUT2D eigenvalue weighted by molar-refractivity contribution is -0.127. The van der Waals surface area contributed by atoms with Crippen LogP contribution in [0.3, 0.4) is 0 Å². The van der Waals surface area contributed by atoms with Gasteiger partial charge in [-0.2, -0.15) is 0 Å². The summed E-state index contributed by atoms with van der Waals surface area (Å²) in [6.45, 7) is 9.88. The second-order valence-electron chi connectivity index (χ2n) is 12.3. The van der Waals surface area contributed by atoms with E-state index in [0.29, 0.717) is 5.78 Å². The van der Waals surface area contributed by atoms with Gasteiger partial charge in [0, 0.05) is 100 Å². The van der Waals surface area contributed by atoms with Crippen molar-refractivity contribution in [1.82, 2.24) is 14.7 Å². The molecule has 2 aliphatic rings. The molecule has 2 aromatic rings. The third-order valence-electron chi connectivity index (χ3n) is 8.19. The van der Waals surface area contributed by atoms with Crippen LogP contribution in [0, 0.1) is 148 Å². The number of ketones is 1. The van der Waals surface area contributed by atoms with Crippen LogP contribution in [0.1, 0.15) is 56.8 Å². The van der Waals surface area contributed by atoms with Gasteiger partial charge in [0.2, 0.25) is 0 Å². The first-order valence-corrected chi connectivity index (χ1v) is 17.4.